The average molecular weight is 326 g/mol. The van der Waals surface area contributed by atoms with Gasteiger partial charge in [0.15, 0.2) is 0 Å². The van der Waals surface area contributed by atoms with E-state index in [1.54, 1.807) is 0 Å². The number of pyridine rings is 1. The summed E-state index contributed by atoms with van der Waals surface area (Å²) in [7, 11) is 0. The van der Waals surface area contributed by atoms with Gasteiger partial charge < -0.3 is 0 Å². The molecule has 1 nitrogen and oxygen atoms in total. The maximum atomic E-state index is 13.9. The number of aromatic nitrogens is 1. The zero-order valence-corrected chi connectivity index (χ0v) is 11.7. The predicted octanol–water partition coefficient (Wildman–Crippen LogP) is 5.71. The van der Waals surface area contributed by atoms with E-state index in [9.17, 15) is 17.6 Å². The minimum atomic E-state index is -4.50. The summed E-state index contributed by atoms with van der Waals surface area (Å²) in [6, 6.07) is 9.40. The molecule has 0 spiro atoms. The van der Waals surface area contributed by atoms with Gasteiger partial charge in [0.05, 0.1) is 16.1 Å². The van der Waals surface area contributed by atoms with Crippen LogP contribution in [0.4, 0.5) is 17.6 Å². The zero-order valence-electron chi connectivity index (χ0n) is 11.0. The van der Waals surface area contributed by atoms with Crippen LogP contribution < -0.4 is 0 Å². The van der Waals surface area contributed by atoms with Crippen LogP contribution in [0.25, 0.3) is 22.0 Å². The number of para-hydroxylation sites is 1. The van der Waals surface area contributed by atoms with Gasteiger partial charge in [-0.2, -0.15) is 13.2 Å². The minimum absolute atomic E-state index is 0.121. The summed E-state index contributed by atoms with van der Waals surface area (Å²) in [6.07, 6.45) is -3.30. The van der Waals surface area contributed by atoms with Crippen LogP contribution in [-0.2, 0) is 6.18 Å². The second kappa shape index (κ2) is 5.25. The van der Waals surface area contributed by atoms with Gasteiger partial charge in [-0.05, 0) is 24.3 Å². The molecule has 0 N–H and O–H groups in total. The lowest BCUT2D eigenvalue weighted by atomic mass is 10.0. The highest BCUT2D eigenvalue weighted by molar-refractivity contribution is 6.33. The minimum Gasteiger partial charge on any atom is -0.255 e. The van der Waals surface area contributed by atoms with Gasteiger partial charge in [0.1, 0.15) is 5.82 Å². The van der Waals surface area contributed by atoms with Gasteiger partial charge in [0.25, 0.3) is 0 Å². The molecule has 6 heteroatoms. The molecule has 0 radical (unpaired) electrons. The molecule has 3 aromatic rings. The summed E-state index contributed by atoms with van der Waals surface area (Å²) in [6.45, 7) is 0. The third-order valence-electron chi connectivity index (χ3n) is 3.27. The molecule has 0 unspecified atom stereocenters. The molecule has 0 aliphatic carbocycles. The van der Waals surface area contributed by atoms with Crippen molar-refractivity contribution in [3.8, 4) is 11.1 Å². The van der Waals surface area contributed by atoms with Gasteiger partial charge in [-0.3, -0.25) is 4.98 Å². The summed E-state index contributed by atoms with van der Waals surface area (Å²) in [5, 5.41) is 0.444. The second-order valence-electron chi connectivity index (χ2n) is 4.70. The Balaban J connectivity index is 2.24. The number of hydrogen-bond acceptors (Lipinski definition) is 1. The maximum Gasteiger partial charge on any atom is 0.418 e. The first kappa shape index (κ1) is 14.8. The summed E-state index contributed by atoms with van der Waals surface area (Å²) in [5.41, 5.74) is -0.548. The van der Waals surface area contributed by atoms with Crippen molar-refractivity contribution in [2.75, 3.05) is 0 Å². The van der Waals surface area contributed by atoms with Gasteiger partial charge in [-0.15, -0.1) is 0 Å². The number of nitrogens with zero attached hydrogens (tertiary/aromatic N) is 1. The average Bonchev–Trinajstić information content (AvgIpc) is 2.45. The Hall–Kier alpha value is -2.14. The van der Waals surface area contributed by atoms with Crippen molar-refractivity contribution in [1.82, 2.24) is 4.98 Å². The Morgan fingerprint density at radius 1 is 1.00 bits per heavy atom. The molecule has 22 heavy (non-hydrogen) atoms. The molecule has 1 heterocycles. The van der Waals surface area contributed by atoms with Crippen LogP contribution in [0.2, 0.25) is 5.02 Å². The zero-order chi connectivity index (χ0) is 15.9. The molecule has 0 saturated carbocycles. The van der Waals surface area contributed by atoms with E-state index in [0.29, 0.717) is 5.56 Å². The van der Waals surface area contributed by atoms with Crippen LogP contribution >= 0.6 is 11.6 Å². The first-order chi connectivity index (χ1) is 10.4. The van der Waals surface area contributed by atoms with Crippen molar-refractivity contribution in [1.29, 1.82) is 0 Å². The van der Waals surface area contributed by atoms with Crippen LogP contribution in [0.1, 0.15) is 5.56 Å². The fourth-order valence-corrected chi connectivity index (χ4v) is 2.57. The van der Waals surface area contributed by atoms with E-state index in [1.807, 2.05) is 0 Å². The summed E-state index contributed by atoms with van der Waals surface area (Å²) in [4.78, 5) is 3.86. The Morgan fingerprint density at radius 2 is 1.73 bits per heavy atom. The standard InChI is InChI=1S/C16H8ClF4N/c17-12-5-2-6-13(18)14(12)10-7-9-3-1-4-11(16(19,20)21)15(9)22-8-10/h1-8H. The monoisotopic (exact) mass is 325 g/mol. The number of fused-ring (bicyclic) bond motifs is 1. The lowest BCUT2D eigenvalue weighted by Gasteiger charge is -2.11. The summed E-state index contributed by atoms with van der Waals surface area (Å²) >= 11 is 5.97. The van der Waals surface area contributed by atoms with E-state index < -0.39 is 17.6 Å². The van der Waals surface area contributed by atoms with Gasteiger partial charge >= 0.3 is 6.18 Å². The third-order valence-corrected chi connectivity index (χ3v) is 3.58. The molecule has 0 saturated heterocycles. The van der Waals surface area contributed by atoms with Crippen molar-refractivity contribution in [3.63, 3.8) is 0 Å². The molecule has 112 valence electrons. The highest BCUT2D eigenvalue weighted by Crippen LogP contribution is 2.36. The van der Waals surface area contributed by atoms with Crippen molar-refractivity contribution < 1.29 is 17.6 Å². The lowest BCUT2D eigenvalue weighted by molar-refractivity contribution is -0.136. The predicted molar refractivity (Wildman–Crippen MR) is 77.1 cm³/mol. The van der Waals surface area contributed by atoms with E-state index in [2.05, 4.69) is 4.98 Å². The van der Waals surface area contributed by atoms with Crippen molar-refractivity contribution >= 4 is 22.5 Å². The van der Waals surface area contributed by atoms with Crippen LogP contribution in [0, 0.1) is 5.82 Å². The molecular weight excluding hydrogens is 318 g/mol. The van der Waals surface area contributed by atoms with Crippen LogP contribution in [0.15, 0.2) is 48.7 Å². The van der Waals surface area contributed by atoms with Crippen LogP contribution in [-0.4, -0.2) is 4.98 Å². The largest absolute Gasteiger partial charge is 0.418 e. The highest BCUT2D eigenvalue weighted by Gasteiger charge is 2.33. The Labute approximate surface area is 128 Å². The number of benzene rings is 2. The van der Waals surface area contributed by atoms with Gasteiger partial charge in [0, 0.05) is 22.7 Å². The molecule has 2 aromatic carbocycles. The van der Waals surface area contributed by atoms with Crippen LogP contribution in [0.3, 0.4) is 0 Å². The Bertz CT molecular complexity index is 838. The lowest BCUT2D eigenvalue weighted by Crippen LogP contribution is -2.06. The second-order valence-corrected chi connectivity index (χ2v) is 5.10. The van der Waals surface area contributed by atoms with Crippen LogP contribution in [0.5, 0.6) is 0 Å². The van der Waals surface area contributed by atoms with E-state index >= 15 is 0 Å². The summed E-state index contributed by atoms with van der Waals surface area (Å²) in [5.74, 6) is -0.555. The normalized spacial score (nSPS) is 11.9. The molecule has 0 aliphatic heterocycles. The smallest absolute Gasteiger partial charge is 0.255 e. The number of rotatable bonds is 1. The highest BCUT2D eigenvalue weighted by atomic mass is 35.5. The Kier molecular flexibility index (Phi) is 3.53. The van der Waals surface area contributed by atoms with E-state index in [-0.39, 0.29) is 21.5 Å². The fraction of sp³-hybridized carbons (Fsp3) is 0.0625. The third kappa shape index (κ3) is 2.52. The molecule has 0 bridgehead atoms. The molecule has 0 aliphatic rings. The van der Waals surface area contributed by atoms with E-state index in [4.69, 9.17) is 11.6 Å². The fourth-order valence-electron chi connectivity index (χ4n) is 2.30. The molecule has 1 aromatic heterocycles. The molecule has 0 amide bonds. The van der Waals surface area contributed by atoms with Gasteiger partial charge in [-0.25, -0.2) is 4.39 Å². The quantitative estimate of drug-likeness (QED) is 0.522. The number of alkyl halides is 3. The number of halogens is 5. The molecule has 0 fully saturated rings. The topological polar surface area (TPSA) is 12.9 Å². The first-order valence-electron chi connectivity index (χ1n) is 6.28. The van der Waals surface area contributed by atoms with E-state index in [1.165, 1.54) is 42.6 Å². The first-order valence-corrected chi connectivity index (χ1v) is 6.66. The SMILES string of the molecule is Fc1cccc(Cl)c1-c1cnc2c(C(F)(F)F)cccc2c1. The molecule has 3 rings (SSSR count). The van der Waals surface area contributed by atoms with Gasteiger partial charge in [0.2, 0.25) is 0 Å². The van der Waals surface area contributed by atoms with Crippen molar-refractivity contribution in [2.24, 2.45) is 0 Å². The van der Waals surface area contributed by atoms with Crippen molar-refractivity contribution in [2.45, 2.75) is 6.18 Å². The molecular formula is C16H8ClF4N. The molecule has 0 atom stereocenters. The van der Waals surface area contributed by atoms with E-state index in [0.717, 1.165) is 6.07 Å². The van der Waals surface area contributed by atoms with Gasteiger partial charge in [-0.1, -0.05) is 29.8 Å². The Morgan fingerprint density at radius 3 is 2.41 bits per heavy atom. The maximum absolute atomic E-state index is 13.9. The number of hydrogen-bond donors (Lipinski definition) is 0. The summed E-state index contributed by atoms with van der Waals surface area (Å²) < 4.78 is 52.8. The van der Waals surface area contributed by atoms with Crippen molar-refractivity contribution in [3.05, 3.63) is 65.1 Å².